The topological polar surface area (TPSA) is 26.0 Å². The Labute approximate surface area is 63.6 Å². The summed E-state index contributed by atoms with van der Waals surface area (Å²) in [5.41, 5.74) is 5.56. The molecule has 0 aliphatic heterocycles. The SMILES string of the molecule is NCc1c(F)c[c]cc1Cl. The molecule has 1 rings (SSSR count). The fraction of sp³-hybridized carbons (Fsp3) is 0.143. The van der Waals surface area contributed by atoms with E-state index in [0.29, 0.717) is 10.6 Å². The van der Waals surface area contributed by atoms with Gasteiger partial charge in [-0.25, -0.2) is 4.39 Å². The summed E-state index contributed by atoms with van der Waals surface area (Å²) >= 11 is 5.58. The van der Waals surface area contributed by atoms with Crippen molar-refractivity contribution in [2.75, 3.05) is 0 Å². The van der Waals surface area contributed by atoms with Crippen LogP contribution in [-0.2, 0) is 6.54 Å². The van der Waals surface area contributed by atoms with E-state index in [2.05, 4.69) is 6.07 Å². The molecule has 1 aromatic carbocycles. The van der Waals surface area contributed by atoms with Gasteiger partial charge < -0.3 is 5.73 Å². The van der Waals surface area contributed by atoms with Crippen molar-refractivity contribution in [1.29, 1.82) is 0 Å². The van der Waals surface area contributed by atoms with Crippen molar-refractivity contribution in [1.82, 2.24) is 0 Å². The molecule has 1 aromatic rings. The zero-order chi connectivity index (χ0) is 7.56. The van der Waals surface area contributed by atoms with Crippen LogP contribution in [0.1, 0.15) is 5.56 Å². The number of hydrogen-bond acceptors (Lipinski definition) is 1. The van der Waals surface area contributed by atoms with Crippen LogP contribution >= 0.6 is 11.6 Å². The van der Waals surface area contributed by atoms with Crippen LogP contribution < -0.4 is 5.73 Å². The van der Waals surface area contributed by atoms with Crippen LogP contribution in [0, 0.1) is 11.9 Å². The smallest absolute Gasteiger partial charge is 0.129 e. The zero-order valence-electron chi connectivity index (χ0n) is 5.20. The third-order valence-corrected chi connectivity index (χ3v) is 1.54. The highest BCUT2D eigenvalue weighted by Gasteiger charge is 2.02. The first-order valence-electron chi connectivity index (χ1n) is 2.79. The van der Waals surface area contributed by atoms with Gasteiger partial charge in [0, 0.05) is 17.1 Å². The number of hydrogen-bond donors (Lipinski definition) is 1. The standard InChI is InChI=1S/C7H6ClFN/c8-6-2-1-3-7(9)5(6)4-10/h2-3H,4,10H2. The summed E-state index contributed by atoms with van der Waals surface area (Å²) in [4.78, 5) is 0. The first-order valence-corrected chi connectivity index (χ1v) is 3.17. The Morgan fingerprint density at radius 2 is 2.30 bits per heavy atom. The van der Waals surface area contributed by atoms with Crippen LogP contribution in [0.25, 0.3) is 0 Å². The minimum absolute atomic E-state index is 0.124. The van der Waals surface area contributed by atoms with Crippen LogP contribution in [0.3, 0.4) is 0 Å². The van der Waals surface area contributed by atoms with Gasteiger partial charge in [-0.05, 0) is 18.2 Å². The minimum Gasteiger partial charge on any atom is -0.326 e. The molecule has 10 heavy (non-hydrogen) atoms. The lowest BCUT2D eigenvalue weighted by atomic mass is 10.2. The molecular formula is C7H6ClFN. The summed E-state index contributed by atoms with van der Waals surface area (Å²) in [6.45, 7) is 0.124. The maximum Gasteiger partial charge on any atom is 0.129 e. The molecule has 53 valence electrons. The number of rotatable bonds is 1. The first-order chi connectivity index (χ1) is 4.75. The van der Waals surface area contributed by atoms with Gasteiger partial charge in [0.25, 0.3) is 0 Å². The van der Waals surface area contributed by atoms with Gasteiger partial charge in [0.05, 0.1) is 0 Å². The molecule has 0 aromatic heterocycles. The summed E-state index contributed by atoms with van der Waals surface area (Å²) in [6.07, 6.45) is 0. The van der Waals surface area contributed by atoms with E-state index in [0.717, 1.165) is 0 Å². The predicted molar refractivity (Wildman–Crippen MR) is 38.1 cm³/mol. The average molecular weight is 159 g/mol. The Morgan fingerprint density at radius 1 is 1.60 bits per heavy atom. The Balaban J connectivity index is 3.17. The van der Waals surface area contributed by atoms with E-state index in [4.69, 9.17) is 17.3 Å². The normalized spacial score (nSPS) is 9.90. The van der Waals surface area contributed by atoms with Gasteiger partial charge in [-0.2, -0.15) is 0 Å². The van der Waals surface area contributed by atoms with Crippen LogP contribution in [0.5, 0.6) is 0 Å². The van der Waals surface area contributed by atoms with E-state index in [-0.39, 0.29) is 6.54 Å². The van der Waals surface area contributed by atoms with Crippen molar-refractivity contribution in [3.05, 3.63) is 34.6 Å². The second kappa shape index (κ2) is 2.99. The molecule has 0 amide bonds. The predicted octanol–water partition coefficient (Wildman–Crippen LogP) is 1.74. The van der Waals surface area contributed by atoms with Gasteiger partial charge in [-0.15, -0.1) is 0 Å². The molecule has 0 heterocycles. The number of benzene rings is 1. The summed E-state index contributed by atoms with van der Waals surface area (Å²) in [7, 11) is 0. The van der Waals surface area contributed by atoms with Crippen LogP contribution in [0.2, 0.25) is 5.02 Å². The van der Waals surface area contributed by atoms with Gasteiger partial charge >= 0.3 is 0 Å². The van der Waals surface area contributed by atoms with Crippen molar-refractivity contribution < 1.29 is 4.39 Å². The number of halogens is 2. The lowest BCUT2D eigenvalue weighted by Gasteiger charge is -1.99. The van der Waals surface area contributed by atoms with E-state index in [1.54, 1.807) is 0 Å². The second-order valence-corrected chi connectivity index (χ2v) is 2.24. The molecule has 0 unspecified atom stereocenters. The Hall–Kier alpha value is -0.600. The Morgan fingerprint density at radius 3 is 2.70 bits per heavy atom. The molecule has 1 nitrogen and oxygen atoms in total. The fourth-order valence-corrected chi connectivity index (χ4v) is 0.902. The molecule has 0 aliphatic rings. The molecule has 0 atom stereocenters. The van der Waals surface area contributed by atoms with Crippen LogP contribution in [0.4, 0.5) is 4.39 Å². The van der Waals surface area contributed by atoms with Gasteiger partial charge in [0.2, 0.25) is 0 Å². The first kappa shape index (κ1) is 7.51. The highest BCUT2D eigenvalue weighted by Crippen LogP contribution is 2.16. The maximum atomic E-state index is 12.7. The molecule has 1 radical (unpaired) electrons. The molecule has 0 saturated heterocycles. The van der Waals surface area contributed by atoms with Gasteiger partial charge in [-0.1, -0.05) is 11.6 Å². The third kappa shape index (κ3) is 1.28. The Bertz CT molecular complexity index is 217. The van der Waals surface area contributed by atoms with Gasteiger partial charge in [-0.3, -0.25) is 0 Å². The molecular weight excluding hydrogens is 153 g/mol. The largest absolute Gasteiger partial charge is 0.326 e. The average Bonchev–Trinajstić information content (AvgIpc) is 1.88. The van der Waals surface area contributed by atoms with E-state index in [1.165, 1.54) is 12.1 Å². The summed E-state index contributed by atoms with van der Waals surface area (Å²) in [6, 6.07) is 5.25. The van der Waals surface area contributed by atoms with Gasteiger partial charge in [0.15, 0.2) is 0 Å². The van der Waals surface area contributed by atoms with Crippen molar-refractivity contribution in [2.45, 2.75) is 6.54 Å². The lowest BCUT2D eigenvalue weighted by molar-refractivity contribution is 0.610. The summed E-state index contributed by atoms with van der Waals surface area (Å²) in [5, 5.41) is 0.336. The number of nitrogens with two attached hydrogens (primary N) is 1. The van der Waals surface area contributed by atoms with Gasteiger partial charge in [0.1, 0.15) is 5.82 Å². The molecule has 2 N–H and O–H groups in total. The second-order valence-electron chi connectivity index (χ2n) is 1.83. The minimum atomic E-state index is -0.394. The summed E-state index contributed by atoms with van der Waals surface area (Å²) < 4.78 is 12.7. The molecule has 0 bridgehead atoms. The molecule has 0 aliphatic carbocycles. The third-order valence-electron chi connectivity index (χ3n) is 1.20. The molecule has 0 saturated carbocycles. The monoisotopic (exact) mass is 158 g/mol. The highest BCUT2D eigenvalue weighted by atomic mass is 35.5. The maximum absolute atomic E-state index is 12.7. The molecule has 0 fully saturated rings. The van der Waals surface area contributed by atoms with Crippen molar-refractivity contribution in [3.63, 3.8) is 0 Å². The highest BCUT2D eigenvalue weighted by molar-refractivity contribution is 6.31. The van der Waals surface area contributed by atoms with E-state index >= 15 is 0 Å². The van der Waals surface area contributed by atoms with E-state index in [1.807, 2.05) is 0 Å². The lowest BCUT2D eigenvalue weighted by Crippen LogP contribution is -2.00. The molecule has 3 heteroatoms. The quantitative estimate of drug-likeness (QED) is 0.662. The van der Waals surface area contributed by atoms with E-state index in [9.17, 15) is 4.39 Å². The Kier molecular flexibility index (Phi) is 2.25. The van der Waals surface area contributed by atoms with Crippen LogP contribution in [0.15, 0.2) is 12.1 Å². The van der Waals surface area contributed by atoms with Crippen molar-refractivity contribution >= 4 is 11.6 Å². The summed E-state index contributed by atoms with van der Waals surface area (Å²) in [5.74, 6) is -0.394. The van der Waals surface area contributed by atoms with E-state index < -0.39 is 5.82 Å². The van der Waals surface area contributed by atoms with Crippen molar-refractivity contribution in [2.24, 2.45) is 5.73 Å². The molecule has 0 spiro atoms. The fourth-order valence-electron chi connectivity index (χ4n) is 0.671. The van der Waals surface area contributed by atoms with Crippen LogP contribution in [-0.4, -0.2) is 0 Å². The zero-order valence-corrected chi connectivity index (χ0v) is 5.95. The van der Waals surface area contributed by atoms with Crippen molar-refractivity contribution in [3.8, 4) is 0 Å².